The molecule has 1 aromatic rings. The van der Waals surface area contributed by atoms with Gasteiger partial charge >= 0.3 is 6.03 Å². The second-order valence-electron chi connectivity index (χ2n) is 2.64. The lowest BCUT2D eigenvalue weighted by molar-refractivity contribution is -0.0469. The van der Waals surface area contributed by atoms with Crippen LogP contribution in [0, 0.1) is 0 Å². The quantitative estimate of drug-likeness (QED) is 0.570. The van der Waals surface area contributed by atoms with Gasteiger partial charge in [0.15, 0.2) is 0 Å². The Hall–Kier alpha value is -1.55. The van der Waals surface area contributed by atoms with Crippen LogP contribution < -0.4 is 5.32 Å². The highest BCUT2D eigenvalue weighted by Gasteiger charge is 2.19. The van der Waals surface area contributed by atoms with Crippen LogP contribution in [0.3, 0.4) is 0 Å². The predicted octanol–water partition coefficient (Wildman–Crippen LogP) is 1.42. The van der Waals surface area contributed by atoms with E-state index in [1.807, 2.05) is 18.2 Å². The molecule has 4 heteroatoms. The molecule has 0 atom stereocenters. The van der Waals surface area contributed by atoms with E-state index in [2.05, 4.69) is 5.32 Å². The van der Waals surface area contributed by atoms with Crippen LogP contribution in [0.15, 0.2) is 24.3 Å². The van der Waals surface area contributed by atoms with Gasteiger partial charge in [0.05, 0.1) is 6.54 Å². The lowest BCUT2D eigenvalue weighted by atomic mass is 10.1. The van der Waals surface area contributed by atoms with Gasteiger partial charge in [-0.05, 0) is 11.6 Å². The van der Waals surface area contributed by atoms with Crippen LogP contribution in [0.5, 0.6) is 0 Å². The maximum atomic E-state index is 10.9. The summed E-state index contributed by atoms with van der Waals surface area (Å²) in [7, 11) is 0. The van der Waals surface area contributed by atoms with Crippen LogP contribution in [0.25, 0.3) is 0 Å². The molecule has 0 saturated carbocycles. The standard InChI is InChI=1S/C8H8N2O2/c11-8-9-7-4-2-1-3-6(7)5-10(8)12/h1-4,12H,5H2,(H,9,11). The summed E-state index contributed by atoms with van der Waals surface area (Å²) in [6.07, 6.45) is 0. The number of hydrogen-bond donors (Lipinski definition) is 2. The molecule has 12 heavy (non-hydrogen) atoms. The van der Waals surface area contributed by atoms with E-state index >= 15 is 0 Å². The number of carbonyl (C=O) groups excluding carboxylic acids is 1. The third-order valence-corrected chi connectivity index (χ3v) is 1.81. The molecule has 4 nitrogen and oxygen atoms in total. The van der Waals surface area contributed by atoms with Gasteiger partial charge in [0, 0.05) is 5.69 Å². The van der Waals surface area contributed by atoms with E-state index in [4.69, 9.17) is 5.21 Å². The van der Waals surface area contributed by atoms with Crippen molar-refractivity contribution in [3.63, 3.8) is 0 Å². The van der Waals surface area contributed by atoms with Crippen molar-refractivity contribution in [2.24, 2.45) is 0 Å². The molecule has 1 aliphatic heterocycles. The summed E-state index contributed by atoms with van der Waals surface area (Å²) in [5, 5.41) is 12.2. The van der Waals surface area contributed by atoms with Crippen molar-refractivity contribution in [2.45, 2.75) is 6.54 Å². The summed E-state index contributed by atoms with van der Waals surface area (Å²) in [5.74, 6) is 0. The fourth-order valence-corrected chi connectivity index (χ4v) is 1.19. The molecular formula is C8H8N2O2. The Morgan fingerprint density at radius 2 is 2.17 bits per heavy atom. The van der Waals surface area contributed by atoms with E-state index in [0.29, 0.717) is 5.06 Å². The third kappa shape index (κ3) is 1.02. The summed E-state index contributed by atoms with van der Waals surface area (Å²) in [6, 6.07) is 6.89. The fraction of sp³-hybridized carbons (Fsp3) is 0.125. The summed E-state index contributed by atoms with van der Waals surface area (Å²) < 4.78 is 0. The number of nitrogens with zero attached hydrogens (tertiary/aromatic N) is 1. The number of carbonyl (C=O) groups is 1. The number of anilines is 1. The van der Waals surface area contributed by atoms with E-state index in [1.54, 1.807) is 6.07 Å². The number of benzene rings is 1. The molecule has 1 heterocycles. The molecule has 1 aromatic carbocycles. The SMILES string of the molecule is O=C1Nc2ccccc2CN1O. The first-order valence-electron chi connectivity index (χ1n) is 3.62. The van der Waals surface area contributed by atoms with E-state index in [9.17, 15) is 4.79 Å². The van der Waals surface area contributed by atoms with Gasteiger partial charge in [-0.25, -0.2) is 9.86 Å². The van der Waals surface area contributed by atoms with E-state index < -0.39 is 6.03 Å². The monoisotopic (exact) mass is 164 g/mol. The number of rotatable bonds is 0. The van der Waals surface area contributed by atoms with E-state index in [1.165, 1.54) is 0 Å². The molecule has 1 aliphatic rings. The number of nitrogens with one attached hydrogen (secondary N) is 1. The molecular weight excluding hydrogens is 156 g/mol. The van der Waals surface area contributed by atoms with Crippen molar-refractivity contribution < 1.29 is 10.0 Å². The number of hydrogen-bond acceptors (Lipinski definition) is 2. The average molecular weight is 164 g/mol. The zero-order valence-electron chi connectivity index (χ0n) is 6.32. The maximum Gasteiger partial charge on any atom is 0.345 e. The van der Waals surface area contributed by atoms with Crippen LogP contribution in [0.4, 0.5) is 10.5 Å². The number of urea groups is 1. The minimum atomic E-state index is -0.478. The predicted molar refractivity (Wildman–Crippen MR) is 42.8 cm³/mol. The highest BCUT2D eigenvalue weighted by Crippen LogP contribution is 2.20. The molecule has 2 N–H and O–H groups in total. The van der Waals surface area contributed by atoms with Crippen LogP contribution in [-0.4, -0.2) is 16.3 Å². The number of hydroxylamine groups is 2. The minimum Gasteiger partial charge on any atom is -0.306 e. The van der Waals surface area contributed by atoms with Crippen molar-refractivity contribution in [3.05, 3.63) is 29.8 Å². The Morgan fingerprint density at radius 1 is 1.42 bits per heavy atom. The Morgan fingerprint density at radius 3 is 3.00 bits per heavy atom. The van der Waals surface area contributed by atoms with Crippen molar-refractivity contribution in [1.29, 1.82) is 0 Å². The first kappa shape index (κ1) is 7.12. The van der Waals surface area contributed by atoms with Gasteiger partial charge in [-0.15, -0.1) is 0 Å². The lowest BCUT2D eigenvalue weighted by Crippen LogP contribution is -2.35. The van der Waals surface area contributed by atoms with Gasteiger partial charge in [-0.1, -0.05) is 18.2 Å². The van der Waals surface area contributed by atoms with Crippen LogP contribution in [0.1, 0.15) is 5.56 Å². The molecule has 0 aliphatic carbocycles. The lowest BCUT2D eigenvalue weighted by Gasteiger charge is -2.23. The van der Waals surface area contributed by atoms with E-state index in [-0.39, 0.29) is 6.54 Å². The molecule has 2 rings (SSSR count). The van der Waals surface area contributed by atoms with Crippen molar-refractivity contribution in [1.82, 2.24) is 5.06 Å². The zero-order valence-corrected chi connectivity index (χ0v) is 6.32. The molecule has 0 spiro atoms. The molecule has 62 valence electrons. The van der Waals surface area contributed by atoms with Gasteiger partial charge in [-0.2, -0.15) is 0 Å². The third-order valence-electron chi connectivity index (χ3n) is 1.81. The Labute approximate surface area is 69.4 Å². The van der Waals surface area contributed by atoms with Gasteiger partial charge in [-0.3, -0.25) is 5.21 Å². The second-order valence-corrected chi connectivity index (χ2v) is 2.64. The molecule has 0 bridgehead atoms. The molecule has 0 unspecified atom stereocenters. The van der Waals surface area contributed by atoms with Crippen LogP contribution in [0.2, 0.25) is 0 Å². The number of fused-ring (bicyclic) bond motifs is 1. The smallest absolute Gasteiger partial charge is 0.306 e. The Balaban J connectivity index is 2.40. The van der Waals surface area contributed by atoms with Crippen LogP contribution in [-0.2, 0) is 6.54 Å². The first-order valence-corrected chi connectivity index (χ1v) is 3.62. The zero-order chi connectivity index (χ0) is 8.55. The highest BCUT2D eigenvalue weighted by molar-refractivity contribution is 5.91. The van der Waals surface area contributed by atoms with Crippen molar-refractivity contribution in [2.75, 3.05) is 5.32 Å². The topological polar surface area (TPSA) is 52.6 Å². The second kappa shape index (κ2) is 2.49. The molecule has 0 fully saturated rings. The molecule has 2 amide bonds. The van der Waals surface area contributed by atoms with Gasteiger partial charge in [0.1, 0.15) is 0 Å². The fourth-order valence-electron chi connectivity index (χ4n) is 1.19. The van der Waals surface area contributed by atoms with Gasteiger partial charge in [0.2, 0.25) is 0 Å². The number of para-hydroxylation sites is 1. The van der Waals surface area contributed by atoms with Crippen molar-refractivity contribution in [3.8, 4) is 0 Å². The van der Waals surface area contributed by atoms with Crippen LogP contribution >= 0.6 is 0 Å². The Kier molecular flexibility index (Phi) is 1.48. The Bertz CT molecular complexity index is 325. The largest absolute Gasteiger partial charge is 0.345 e. The summed E-state index contributed by atoms with van der Waals surface area (Å²) in [5.41, 5.74) is 1.69. The molecule has 0 saturated heterocycles. The number of amides is 2. The van der Waals surface area contributed by atoms with E-state index in [0.717, 1.165) is 11.3 Å². The first-order chi connectivity index (χ1) is 5.77. The maximum absolute atomic E-state index is 10.9. The summed E-state index contributed by atoms with van der Waals surface area (Å²) in [4.78, 5) is 10.9. The highest BCUT2D eigenvalue weighted by atomic mass is 16.5. The summed E-state index contributed by atoms with van der Waals surface area (Å²) in [6.45, 7) is 0.252. The average Bonchev–Trinajstić information content (AvgIpc) is 2.07. The summed E-state index contributed by atoms with van der Waals surface area (Å²) >= 11 is 0. The van der Waals surface area contributed by atoms with Crippen molar-refractivity contribution >= 4 is 11.7 Å². The minimum absolute atomic E-state index is 0.252. The normalized spacial score (nSPS) is 15.4. The molecule has 0 aromatic heterocycles. The van der Waals surface area contributed by atoms with Gasteiger partial charge < -0.3 is 5.32 Å². The van der Waals surface area contributed by atoms with Gasteiger partial charge in [0.25, 0.3) is 0 Å². The molecule has 0 radical (unpaired) electrons.